The summed E-state index contributed by atoms with van der Waals surface area (Å²) in [6.07, 6.45) is 4.46. The average Bonchev–Trinajstić information content (AvgIpc) is 3.09. The predicted molar refractivity (Wildman–Crippen MR) is 70.6 cm³/mol. The molecular weight excluding hydrogens is 242 g/mol. The minimum absolute atomic E-state index is 0.0888. The minimum atomic E-state index is 0.0888. The van der Waals surface area contributed by atoms with E-state index in [1.165, 1.54) is 12.8 Å². The van der Waals surface area contributed by atoms with Gasteiger partial charge in [0, 0.05) is 12.5 Å². The van der Waals surface area contributed by atoms with Gasteiger partial charge in [-0.2, -0.15) is 5.10 Å². The second kappa shape index (κ2) is 5.28. The molecule has 2 N–H and O–H groups in total. The zero-order chi connectivity index (χ0) is 13.2. The van der Waals surface area contributed by atoms with Gasteiger partial charge in [-0.3, -0.25) is 4.79 Å². The van der Waals surface area contributed by atoms with E-state index in [0.29, 0.717) is 6.54 Å². The first-order chi connectivity index (χ1) is 9.20. The van der Waals surface area contributed by atoms with Gasteiger partial charge in [-0.05, 0) is 38.6 Å². The molecule has 0 radical (unpaired) electrons. The Bertz CT molecular complexity index is 466. The van der Waals surface area contributed by atoms with Crippen molar-refractivity contribution in [3.05, 3.63) is 11.6 Å². The van der Waals surface area contributed by atoms with E-state index in [1.54, 1.807) is 0 Å². The molecule has 1 amide bonds. The predicted octanol–water partition coefficient (Wildman–Crippen LogP) is 0.0171. The molecule has 1 atom stereocenters. The molecule has 3 rings (SSSR count). The molecular formula is C13H21N5O. The van der Waals surface area contributed by atoms with Crippen LogP contribution in [0.15, 0.2) is 0 Å². The molecule has 0 bridgehead atoms. The fourth-order valence-electron chi connectivity index (χ4n) is 2.54. The van der Waals surface area contributed by atoms with Gasteiger partial charge in [0.05, 0.1) is 13.1 Å². The van der Waals surface area contributed by atoms with E-state index in [4.69, 9.17) is 0 Å². The van der Waals surface area contributed by atoms with Gasteiger partial charge in [0.2, 0.25) is 5.91 Å². The smallest absolute Gasteiger partial charge is 0.234 e. The summed E-state index contributed by atoms with van der Waals surface area (Å²) >= 11 is 0. The number of aromatic nitrogens is 3. The van der Waals surface area contributed by atoms with E-state index in [9.17, 15) is 4.79 Å². The fraction of sp³-hybridized carbons (Fsp3) is 0.769. The van der Waals surface area contributed by atoms with Gasteiger partial charge >= 0.3 is 0 Å². The topological polar surface area (TPSA) is 71.8 Å². The molecule has 2 aliphatic rings. The van der Waals surface area contributed by atoms with Crippen LogP contribution >= 0.6 is 0 Å². The Hall–Kier alpha value is -1.43. The van der Waals surface area contributed by atoms with Crippen molar-refractivity contribution in [1.29, 1.82) is 0 Å². The van der Waals surface area contributed by atoms with E-state index < -0.39 is 0 Å². The Morgan fingerprint density at radius 1 is 1.42 bits per heavy atom. The van der Waals surface area contributed by atoms with Crippen molar-refractivity contribution in [3.63, 3.8) is 0 Å². The normalized spacial score (nSPS) is 22.1. The molecule has 2 heterocycles. The molecule has 6 heteroatoms. The van der Waals surface area contributed by atoms with Crippen LogP contribution in [0.5, 0.6) is 0 Å². The van der Waals surface area contributed by atoms with Crippen molar-refractivity contribution in [2.45, 2.75) is 45.2 Å². The van der Waals surface area contributed by atoms with Crippen LogP contribution < -0.4 is 10.6 Å². The Morgan fingerprint density at radius 3 is 3.05 bits per heavy atom. The lowest BCUT2D eigenvalue weighted by molar-refractivity contribution is -0.121. The maximum absolute atomic E-state index is 11.8. The third-order valence-electron chi connectivity index (χ3n) is 3.74. The number of aryl methyl sites for hydroxylation is 2. The summed E-state index contributed by atoms with van der Waals surface area (Å²) < 4.78 is 1.92. The quantitative estimate of drug-likeness (QED) is 0.785. The van der Waals surface area contributed by atoms with E-state index in [0.717, 1.165) is 43.5 Å². The highest BCUT2D eigenvalue weighted by molar-refractivity contribution is 5.78. The molecule has 6 nitrogen and oxygen atoms in total. The van der Waals surface area contributed by atoms with Crippen LogP contribution in [0.25, 0.3) is 0 Å². The maximum Gasteiger partial charge on any atom is 0.234 e. The van der Waals surface area contributed by atoms with Crippen molar-refractivity contribution in [1.82, 2.24) is 25.4 Å². The molecule has 1 aromatic rings. The lowest BCUT2D eigenvalue weighted by atomic mass is 10.1. The lowest BCUT2D eigenvalue weighted by Crippen LogP contribution is -2.45. The van der Waals surface area contributed by atoms with Gasteiger partial charge in [0.25, 0.3) is 0 Å². The number of fused-ring (bicyclic) bond motifs is 1. The highest BCUT2D eigenvalue weighted by Crippen LogP contribution is 2.27. The molecule has 1 unspecified atom stereocenters. The average molecular weight is 263 g/mol. The fourth-order valence-corrected chi connectivity index (χ4v) is 2.54. The summed E-state index contributed by atoms with van der Waals surface area (Å²) in [7, 11) is 0. The van der Waals surface area contributed by atoms with Crippen molar-refractivity contribution < 1.29 is 4.79 Å². The van der Waals surface area contributed by atoms with E-state index in [2.05, 4.69) is 20.7 Å². The summed E-state index contributed by atoms with van der Waals surface area (Å²) in [6, 6.07) is 0.184. The van der Waals surface area contributed by atoms with Gasteiger partial charge in [0.1, 0.15) is 11.6 Å². The van der Waals surface area contributed by atoms with Crippen LogP contribution in [0.4, 0.5) is 0 Å². The first-order valence-electron chi connectivity index (χ1n) is 7.11. The van der Waals surface area contributed by atoms with E-state index in [1.807, 2.05) is 11.6 Å². The number of amides is 1. The standard InChI is InChI=1S/C13H21N5O/c1-9-15-12-5-4-11(8-18(12)17-9)16-13(19)7-14-6-10-2-3-10/h10-11,14H,2-8H2,1H3,(H,16,19). The van der Waals surface area contributed by atoms with Crippen LogP contribution in [0.3, 0.4) is 0 Å². The first-order valence-corrected chi connectivity index (χ1v) is 7.11. The molecule has 1 saturated carbocycles. The number of carbonyl (C=O) groups is 1. The molecule has 1 aromatic heterocycles. The molecule has 0 saturated heterocycles. The Morgan fingerprint density at radius 2 is 2.26 bits per heavy atom. The van der Waals surface area contributed by atoms with Gasteiger partial charge in [-0.1, -0.05) is 0 Å². The Balaban J connectivity index is 1.44. The summed E-state index contributed by atoms with van der Waals surface area (Å²) in [6.45, 7) is 4.05. The summed E-state index contributed by atoms with van der Waals surface area (Å²) in [4.78, 5) is 16.2. The number of rotatable bonds is 5. The Kier molecular flexibility index (Phi) is 3.50. The van der Waals surface area contributed by atoms with Crippen molar-refractivity contribution >= 4 is 5.91 Å². The third kappa shape index (κ3) is 3.32. The van der Waals surface area contributed by atoms with Crippen molar-refractivity contribution in [2.24, 2.45) is 5.92 Å². The van der Waals surface area contributed by atoms with Crippen LogP contribution in [-0.4, -0.2) is 39.8 Å². The zero-order valence-electron chi connectivity index (χ0n) is 11.4. The monoisotopic (exact) mass is 263 g/mol. The SMILES string of the molecule is Cc1nc2n(n1)CC(NC(=O)CNCC1CC1)CC2. The zero-order valence-corrected chi connectivity index (χ0v) is 11.4. The van der Waals surface area contributed by atoms with E-state index >= 15 is 0 Å². The van der Waals surface area contributed by atoms with Crippen LogP contribution in [0.1, 0.15) is 30.9 Å². The van der Waals surface area contributed by atoms with Gasteiger partial charge in [0.15, 0.2) is 0 Å². The van der Waals surface area contributed by atoms with Gasteiger partial charge in [-0.25, -0.2) is 9.67 Å². The van der Waals surface area contributed by atoms with Gasteiger partial charge < -0.3 is 10.6 Å². The molecule has 1 aliphatic carbocycles. The molecule has 1 aliphatic heterocycles. The maximum atomic E-state index is 11.8. The number of nitrogens with one attached hydrogen (secondary N) is 2. The van der Waals surface area contributed by atoms with Crippen LogP contribution in [-0.2, 0) is 17.8 Å². The van der Waals surface area contributed by atoms with Crippen LogP contribution in [0, 0.1) is 12.8 Å². The second-order valence-corrected chi connectivity index (χ2v) is 5.63. The molecule has 1 fully saturated rings. The highest BCUT2D eigenvalue weighted by Gasteiger charge is 2.23. The summed E-state index contributed by atoms with van der Waals surface area (Å²) in [5, 5.41) is 10.6. The van der Waals surface area contributed by atoms with Crippen LogP contribution in [0.2, 0.25) is 0 Å². The first kappa shape index (κ1) is 12.6. The largest absolute Gasteiger partial charge is 0.350 e. The summed E-state index contributed by atoms with van der Waals surface area (Å²) in [5.74, 6) is 2.75. The number of hydrogen-bond donors (Lipinski definition) is 2. The van der Waals surface area contributed by atoms with E-state index in [-0.39, 0.29) is 11.9 Å². The second-order valence-electron chi connectivity index (χ2n) is 5.63. The lowest BCUT2D eigenvalue weighted by Gasteiger charge is -2.23. The molecule has 0 aromatic carbocycles. The third-order valence-corrected chi connectivity index (χ3v) is 3.74. The molecule has 0 spiro atoms. The molecule has 104 valence electrons. The number of carbonyl (C=O) groups excluding carboxylic acids is 1. The van der Waals surface area contributed by atoms with Crippen molar-refractivity contribution in [2.75, 3.05) is 13.1 Å². The van der Waals surface area contributed by atoms with Crippen molar-refractivity contribution in [3.8, 4) is 0 Å². The summed E-state index contributed by atoms with van der Waals surface area (Å²) in [5.41, 5.74) is 0. The number of hydrogen-bond acceptors (Lipinski definition) is 4. The minimum Gasteiger partial charge on any atom is -0.350 e. The molecule has 19 heavy (non-hydrogen) atoms. The highest BCUT2D eigenvalue weighted by atomic mass is 16.2. The Labute approximate surface area is 113 Å². The van der Waals surface area contributed by atoms with Gasteiger partial charge in [-0.15, -0.1) is 0 Å². The number of nitrogens with zero attached hydrogens (tertiary/aromatic N) is 3.